The highest BCUT2D eigenvalue weighted by atomic mass is 35.5. The van der Waals surface area contributed by atoms with Crippen LogP contribution in [0.15, 0.2) is 5.38 Å². The van der Waals surface area contributed by atoms with Gasteiger partial charge in [-0.05, 0) is 57.2 Å². The molecule has 1 aromatic heterocycles. The number of carbonyl (C=O) groups excluding carboxylic acids is 1. The molecule has 0 atom stereocenters. The number of thiophene rings is 1. The van der Waals surface area contributed by atoms with Crippen LogP contribution in [0.2, 0.25) is 0 Å². The molecule has 112 valence electrons. The Balaban J connectivity index is 0.00000147. The van der Waals surface area contributed by atoms with Gasteiger partial charge in [-0.15, -0.1) is 23.7 Å². The van der Waals surface area contributed by atoms with Crippen LogP contribution in [0.4, 0.5) is 0 Å². The van der Waals surface area contributed by atoms with Crippen molar-refractivity contribution in [2.24, 2.45) is 0 Å². The molecular weight excluding hydrogens is 292 g/mol. The van der Waals surface area contributed by atoms with E-state index in [1.54, 1.807) is 11.3 Å². The second-order valence-electron chi connectivity index (χ2n) is 5.66. The number of nitrogens with zero attached hydrogens (tertiary/aromatic N) is 1. The Hall–Kier alpha value is -0.580. The van der Waals surface area contributed by atoms with Gasteiger partial charge in [0.2, 0.25) is 0 Å². The van der Waals surface area contributed by atoms with E-state index < -0.39 is 0 Å². The van der Waals surface area contributed by atoms with Crippen LogP contribution in [0.25, 0.3) is 0 Å². The molecule has 20 heavy (non-hydrogen) atoms. The molecule has 0 unspecified atom stereocenters. The van der Waals surface area contributed by atoms with Crippen LogP contribution in [0.5, 0.6) is 0 Å². The van der Waals surface area contributed by atoms with Crippen molar-refractivity contribution in [1.82, 2.24) is 10.2 Å². The number of aryl methyl sites for hydroxylation is 1. The first-order chi connectivity index (χ1) is 9.27. The molecule has 1 aliphatic carbocycles. The fourth-order valence-electron chi connectivity index (χ4n) is 3.22. The summed E-state index contributed by atoms with van der Waals surface area (Å²) in [6.45, 7) is 2.06. The van der Waals surface area contributed by atoms with Gasteiger partial charge in [-0.1, -0.05) is 0 Å². The van der Waals surface area contributed by atoms with Crippen LogP contribution in [-0.2, 0) is 12.8 Å². The molecule has 0 aromatic carbocycles. The maximum absolute atomic E-state index is 12.7. The molecule has 2 aliphatic rings. The fourth-order valence-corrected chi connectivity index (χ4v) is 4.34. The predicted molar refractivity (Wildman–Crippen MR) is 86.2 cm³/mol. The number of hydrogen-bond donors (Lipinski definition) is 1. The second-order valence-corrected chi connectivity index (χ2v) is 6.62. The highest BCUT2D eigenvalue weighted by Gasteiger charge is 2.26. The van der Waals surface area contributed by atoms with Crippen molar-refractivity contribution in [3.63, 3.8) is 0 Å². The Morgan fingerprint density at radius 2 is 2.00 bits per heavy atom. The van der Waals surface area contributed by atoms with Crippen molar-refractivity contribution in [3.05, 3.63) is 21.4 Å². The number of carbonyl (C=O) groups is 1. The maximum atomic E-state index is 12.7. The quantitative estimate of drug-likeness (QED) is 0.910. The minimum absolute atomic E-state index is 0. The molecular formula is C15H23ClN2OS. The average molecular weight is 315 g/mol. The molecule has 0 saturated carbocycles. The van der Waals surface area contributed by atoms with Gasteiger partial charge < -0.3 is 10.2 Å². The zero-order chi connectivity index (χ0) is 13.2. The van der Waals surface area contributed by atoms with Gasteiger partial charge in [-0.3, -0.25) is 4.79 Å². The van der Waals surface area contributed by atoms with Crippen LogP contribution in [-0.4, -0.2) is 37.0 Å². The van der Waals surface area contributed by atoms with Crippen LogP contribution in [0, 0.1) is 0 Å². The molecule has 1 fully saturated rings. The second kappa shape index (κ2) is 6.92. The van der Waals surface area contributed by atoms with Gasteiger partial charge in [0.15, 0.2) is 0 Å². The third-order valence-electron chi connectivity index (χ3n) is 4.47. The molecule has 0 radical (unpaired) electrons. The highest BCUT2D eigenvalue weighted by molar-refractivity contribution is 7.10. The number of piperidine rings is 1. The van der Waals surface area contributed by atoms with Crippen LogP contribution < -0.4 is 5.32 Å². The Bertz CT molecular complexity index is 468. The van der Waals surface area contributed by atoms with E-state index in [1.165, 1.54) is 29.7 Å². The van der Waals surface area contributed by atoms with E-state index in [0.717, 1.165) is 37.9 Å². The third kappa shape index (κ3) is 3.02. The van der Waals surface area contributed by atoms with Gasteiger partial charge in [0, 0.05) is 23.3 Å². The normalized spacial score (nSPS) is 19.1. The van der Waals surface area contributed by atoms with E-state index in [9.17, 15) is 4.79 Å². The summed E-state index contributed by atoms with van der Waals surface area (Å²) in [5.41, 5.74) is 2.34. The van der Waals surface area contributed by atoms with Crippen molar-refractivity contribution in [2.75, 3.05) is 20.1 Å². The molecule has 2 heterocycles. The molecule has 0 bridgehead atoms. The van der Waals surface area contributed by atoms with Gasteiger partial charge in [-0.2, -0.15) is 0 Å². The summed E-state index contributed by atoms with van der Waals surface area (Å²) >= 11 is 1.78. The number of fused-ring (bicyclic) bond motifs is 1. The SMILES string of the molecule is CN(C(=O)c1csc2c1CCCC2)C1CCNCC1.Cl. The lowest BCUT2D eigenvalue weighted by atomic mass is 9.95. The first kappa shape index (κ1) is 15.8. The summed E-state index contributed by atoms with van der Waals surface area (Å²) < 4.78 is 0. The number of nitrogens with one attached hydrogen (secondary N) is 1. The first-order valence-corrected chi connectivity index (χ1v) is 8.22. The van der Waals surface area contributed by atoms with Crippen molar-refractivity contribution < 1.29 is 4.79 Å². The molecule has 1 N–H and O–H groups in total. The Labute approximate surface area is 131 Å². The first-order valence-electron chi connectivity index (χ1n) is 7.34. The number of hydrogen-bond acceptors (Lipinski definition) is 3. The fraction of sp³-hybridized carbons (Fsp3) is 0.667. The molecule has 5 heteroatoms. The van der Waals surface area contributed by atoms with Crippen LogP contribution in [0.3, 0.4) is 0 Å². The molecule has 3 rings (SSSR count). The van der Waals surface area contributed by atoms with Crippen molar-refractivity contribution in [2.45, 2.75) is 44.6 Å². The average Bonchev–Trinajstić information content (AvgIpc) is 2.90. The van der Waals surface area contributed by atoms with Crippen molar-refractivity contribution in [1.29, 1.82) is 0 Å². The lowest BCUT2D eigenvalue weighted by Crippen LogP contribution is -2.44. The predicted octanol–water partition coefficient (Wildman–Crippen LogP) is 2.87. The summed E-state index contributed by atoms with van der Waals surface area (Å²) in [5, 5.41) is 5.45. The number of amides is 1. The van der Waals surface area contributed by atoms with Gasteiger partial charge in [0.25, 0.3) is 5.91 Å². The summed E-state index contributed by atoms with van der Waals surface area (Å²) in [6.07, 6.45) is 6.94. The summed E-state index contributed by atoms with van der Waals surface area (Å²) in [7, 11) is 1.98. The van der Waals surface area contributed by atoms with Crippen molar-refractivity contribution >= 4 is 29.7 Å². The Morgan fingerprint density at radius 3 is 2.75 bits per heavy atom. The van der Waals surface area contributed by atoms with Gasteiger partial charge in [-0.25, -0.2) is 0 Å². The lowest BCUT2D eigenvalue weighted by molar-refractivity contribution is 0.0702. The van der Waals surface area contributed by atoms with E-state index >= 15 is 0 Å². The summed E-state index contributed by atoms with van der Waals surface area (Å²) in [6, 6.07) is 0.410. The van der Waals surface area contributed by atoms with E-state index in [2.05, 4.69) is 10.7 Å². The molecule has 1 saturated heterocycles. The van der Waals surface area contributed by atoms with Gasteiger partial charge >= 0.3 is 0 Å². The largest absolute Gasteiger partial charge is 0.339 e. The third-order valence-corrected chi connectivity index (χ3v) is 5.56. The molecule has 1 amide bonds. The number of rotatable bonds is 2. The number of halogens is 1. The van der Waals surface area contributed by atoms with E-state index in [0.29, 0.717) is 6.04 Å². The molecule has 0 spiro atoms. The van der Waals surface area contributed by atoms with E-state index in [-0.39, 0.29) is 18.3 Å². The zero-order valence-electron chi connectivity index (χ0n) is 12.0. The molecule has 3 nitrogen and oxygen atoms in total. The van der Waals surface area contributed by atoms with Gasteiger partial charge in [0.05, 0.1) is 5.56 Å². The Morgan fingerprint density at radius 1 is 1.30 bits per heavy atom. The maximum Gasteiger partial charge on any atom is 0.254 e. The summed E-state index contributed by atoms with van der Waals surface area (Å²) in [4.78, 5) is 16.1. The lowest BCUT2D eigenvalue weighted by Gasteiger charge is -2.32. The molecule has 1 aromatic rings. The minimum Gasteiger partial charge on any atom is -0.339 e. The standard InChI is InChI=1S/C15H22N2OS.ClH/c1-17(11-6-8-16-9-7-11)15(18)13-10-19-14-5-3-2-4-12(13)14;/h10-11,16H,2-9H2,1H3;1H. The van der Waals surface area contributed by atoms with Crippen LogP contribution in [0.1, 0.15) is 46.5 Å². The molecule has 1 aliphatic heterocycles. The highest BCUT2D eigenvalue weighted by Crippen LogP contribution is 2.31. The van der Waals surface area contributed by atoms with E-state index in [1.807, 2.05) is 11.9 Å². The van der Waals surface area contributed by atoms with Crippen LogP contribution >= 0.6 is 23.7 Å². The smallest absolute Gasteiger partial charge is 0.254 e. The van der Waals surface area contributed by atoms with E-state index in [4.69, 9.17) is 0 Å². The van der Waals surface area contributed by atoms with Crippen molar-refractivity contribution in [3.8, 4) is 0 Å². The minimum atomic E-state index is 0. The summed E-state index contributed by atoms with van der Waals surface area (Å²) in [5.74, 6) is 0.242. The zero-order valence-corrected chi connectivity index (χ0v) is 13.6. The van der Waals surface area contributed by atoms with Gasteiger partial charge in [0.1, 0.15) is 0 Å². The Kier molecular flexibility index (Phi) is 5.47. The monoisotopic (exact) mass is 314 g/mol. The topological polar surface area (TPSA) is 32.3 Å².